The molecule has 0 spiro atoms. The third-order valence-electron chi connectivity index (χ3n) is 4.33. The van der Waals surface area contributed by atoms with E-state index in [4.69, 9.17) is 9.47 Å². The van der Waals surface area contributed by atoms with Crippen LogP contribution in [0.1, 0.15) is 52.9 Å². The van der Waals surface area contributed by atoms with Gasteiger partial charge in [-0.3, -0.25) is 0 Å². The molecule has 1 amide bonds. The molecule has 1 saturated carbocycles. The van der Waals surface area contributed by atoms with E-state index in [1.54, 1.807) is 6.92 Å². The Morgan fingerprint density at radius 2 is 1.62 bits per heavy atom. The highest BCUT2D eigenvalue weighted by Gasteiger charge is 2.20. The van der Waals surface area contributed by atoms with Gasteiger partial charge in [0.15, 0.2) is 0 Å². The third-order valence-corrected chi connectivity index (χ3v) is 4.33. The van der Waals surface area contributed by atoms with Crippen LogP contribution in [0.4, 0.5) is 4.79 Å². The zero-order valence-electron chi connectivity index (χ0n) is 16.0. The van der Waals surface area contributed by atoms with Crippen molar-refractivity contribution in [2.75, 3.05) is 19.8 Å². The van der Waals surface area contributed by atoms with Crippen molar-refractivity contribution >= 4 is 18.0 Å². The Bertz CT molecular complexity index is 482. The summed E-state index contributed by atoms with van der Waals surface area (Å²) < 4.78 is 15.1. The van der Waals surface area contributed by atoms with Crippen molar-refractivity contribution in [1.29, 1.82) is 0 Å². The van der Waals surface area contributed by atoms with Crippen molar-refractivity contribution in [3.05, 3.63) is 12.2 Å². The molecule has 7 heteroatoms. The van der Waals surface area contributed by atoms with Gasteiger partial charge < -0.3 is 19.5 Å². The number of hydrogen-bond acceptors (Lipinski definition) is 6. The lowest BCUT2D eigenvalue weighted by Gasteiger charge is -2.24. The standard InChI is InChI=1S/C19H31NO6/c1-4-24-17(21)10-11-18(22)25-13-16(14(2)3)20-19(23)26-12-15-8-6-5-7-9-15/h10-11,14-16H,4-9,12-13H2,1-3H3,(H,20,23)/b11-10+/t16-/m1/s1. The third kappa shape index (κ3) is 9.44. The molecule has 0 aliphatic heterocycles. The maximum atomic E-state index is 12.0. The van der Waals surface area contributed by atoms with Crippen LogP contribution in [-0.4, -0.2) is 43.9 Å². The number of carbonyl (C=O) groups is 3. The fourth-order valence-corrected chi connectivity index (χ4v) is 2.69. The van der Waals surface area contributed by atoms with Crippen LogP contribution >= 0.6 is 0 Å². The number of esters is 2. The van der Waals surface area contributed by atoms with E-state index in [1.165, 1.54) is 19.3 Å². The normalized spacial score (nSPS) is 16.3. The monoisotopic (exact) mass is 369 g/mol. The molecule has 0 heterocycles. The molecule has 26 heavy (non-hydrogen) atoms. The summed E-state index contributed by atoms with van der Waals surface area (Å²) in [5, 5.41) is 2.74. The first-order chi connectivity index (χ1) is 12.4. The molecule has 1 atom stereocenters. The van der Waals surface area contributed by atoms with E-state index >= 15 is 0 Å². The first kappa shape index (κ1) is 22.0. The molecular weight excluding hydrogens is 338 g/mol. The topological polar surface area (TPSA) is 90.9 Å². The van der Waals surface area contributed by atoms with Gasteiger partial charge in [-0.25, -0.2) is 14.4 Å². The molecule has 1 aliphatic carbocycles. The van der Waals surface area contributed by atoms with E-state index in [0.29, 0.717) is 12.5 Å². The van der Waals surface area contributed by atoms with Gasteiger partial charge in [0.05, 0.1) is 19.3 Å². The summed E-state index contributed by atoms with van der Waals surface area (Å²) >= 11 is 0. The average molecular weight is 369 g/mol. The Hall–Kier alpha value is -2.05. The minimum Gasteiger partial charge on any atom is -0.463 e. The lowest BCUT2D eigenvalue weighted by atomic mass is 9.90. The molecule has 7 nitrogen and oxygen atoms in total. The number of amides is 1. The second-order valence-electron chi connectivity index (χ2n) is 6.81. The molecule has 0 saturated heterocycles. The zero-order valence-corrected chi connectivity index (χ0v) is 16.0. The highest BCUT2D eigenvalue weighted by Crippen LogP contribution is 2.23. The number of alkyl carbamates (subject to hydrolysis) is 1. The summed E-state index contributed by atoms with van der Waals surface area (Å²) in [7, 11) is 0. The van der Waals surface area contributed by atoms with Crippen molar-refractivity contribution in [2.24, 2.45) is 11.8 Å². The van der Waals surface area contributed by atoms with Crippen LogP contribution in [0.15, 0.2) is 12.2 Å². The Morgan fingerprint density at radius 1 is 1.00 bits per heavy atom. The van der Waals surface area contributed by atoms with Crippen molar-refractivity contribution in [1.82, 2.24) is 5.32 Å². The molecule has 0 aromatic rings. The molecule has 0 aromatic heterocycles. The van der Waals surface area contributed by atoms with E-state index in [1.807, 2.05) is 13.8 Å². The minimum absolute atomic E-state index is 0.00218. The van der Waals surface area contributed by atoms with Crippen LogP contribution in [0.5, 0.6) is 0 Å². The molecule has 0 bridgehead atoms. The molecule has 1 fully saturated rings. The maximum Gasteiger partial charge on any atom is 0.407 e. The van der Waals surface area contributed by atoms with Gasteiger partial charge in [0.2, 0.25) is 0 Å². The van der Waals surface area contributed by atoms with E-state index in [2.05, 4.69) is 10.1 Å². The van der Waals surface area contributed by atoms with E-state index < -0.39 is 18.0 Å². The van der Waals surface area contributed by atoms with Crippen LogP contribution in [0.25, 0.3) is 0 Å². The zero-order chi connectivity index (χ0) is 19.4. The van der Waals surface area contributed by atoms with Gasteiger partial charge in [-0.1, -0.05) is 33.1 Å². The molecule has 0 aromatic carbocycles. The maximum absolute atomic E-state index is 12.0. The summed E-state index contributed by atoms with van der Waals surface area (Å²) in [6, 6.07) is -0.367. The minimum atomic E-state index is -0.666. The molecule has 1 aliphatic rings. The summed E-state index contributed by atoms with van der Waals surface area (Å²) in [5.74, 6) is -0.771. The Morgan fingerprint density at radius 3 is 2.19 bits per heavy atom. The fourth-order valence-electron chi connectivity index (χ4n) is 2.69. The van der Waals surface area contributed by atoms with Crippen LogP contribution in [0.3, 0.4) is 0 Å². The van der Waals surface area contributed by atoms with Gasteiger partial charge in [0.25, 0.3) is 0 Å². The fraction of sp³-hybridized carbons (Fsp3) is 0.737. The molecule has 1 N–H and O–H groups in total. The van der Waals surface area contributed by atoms with Crippen LogP contribution < -0.4 is 5.32 Å². The predicted octanol–water partition coefficient (Wildman–Crippen LogP) is 2.98. The van der Waals surface area contributed by atoms with Crippen LogP contribution in [0.2, 0.25) is 0 Å². The number of nitrogens with one attached hydrogen (secondary N) is 1. The number of rotatable bonds is 9. The highest BCUT2D eigenvalue weighted by atomic mass is 16.6. The van der Waals surface area contributed by atoms with Crippen molar-refractivity contribution in [3.8, 4) is 0 Å². The van der Waals surface area contributed by atoms with Crippen LogP contribution in [-0.2, 0) is 23.8 Å². The van der Waals surface area contributed by atoms with Gasteiger partial charge in [0, 0.05) is 12.2 Å². The van der Waals surface area contributed by atoms with E-state index in [0.717, 1.165) is 25.0 Å². The SMILES string of the molecule is CCOC(=O)/C=C/C(=O)OC[C@@H](NC(=O)OCC1CCCCC1)C(C)C. The Balaban J connectivity index is 2.34. The average Bonchev–Trinajstić information content (AvgIpc) is 2.62. The lowest BCUT2D eigenvalue weighted by Crippen LogP contribution is -2.43. The second-order valence-corrected chi connectivity index (χ2v) is 6.81. The van der Waals surface area contributed by atoms with Gasteiger partial charge in [-0.15, -0.1) is 0 Å². The molecule has 0 unspecified atom stereocenters. The van der Waals surface area contributed by atoms with Crippen LogP contribution in [0, 0.1) is 11.8 Å². The lowest BCUT2D eigenvalue weighted by molar-refractivity contribution is -0.140. The summed E-state index contributed by atoms with van der Waals surface area (Å²) in [6.45, 7) is 6.17. The summed E-state index contributed by atoms with van der Waals surface area (Å²) in [4.78, 5) is 34.8. The van der Waals surface area contributed by atoms with Crippen molar-refractivity contribution in [3.63, 3.8) is 0 Å². The van der Waals surface area contributed by atoms with E-state index in [9.17, 15) is 14.4 Å². The first-order valence-electron chi connectivity index (χ1n) is 9.37. The largest absolute Gasteiger partial charge is 0.463 e. The summed E-state index contributed by atoms with van der Waals surface area (Å²) in [6.07, 6.45) is 7.38. The predicted molar refractivity (Wildman–Crippen MR) is 96.4 cm³/mol. The Kier molecular flexibility index (Phi) is 10.4. The Labute approximate surface area is 155 Å². The highest BCUT2D eigenvalue weighted by molar-refractivity contribution is 5.91. The van der Waals surface area contributed by atoms with E-state index in [-0.39, 0.29) is 25.2 Å². The van der Waals surface area contributed by atoms with Crippen molar-refractivity contribution in [2.45, 2.75) is 58.9 Å². The number of hydrogen-bond donors (Lipinski definition) is 1. The first-order valence-corrected chi connectivity index (χ1v) is 9.37. The summed E-state index contributed by atoms with van der Waals surface area (Å²) in [5.41, 5.74) is 0. The molecule has 1 rings (SSSR count). The molecule has 148 valence electrons. The van der Waals surface area contributed by atoms with Crippen molar-refractivity contribution < 1.29 is 28.6 Å². The molecule has 0 radical (unpaired) electrons. The quantitative estimate of drug-likeness (QED) is 0.382. The van der Waals surface area contributed by atoms with Gasteiger partial charge in [-0.05, 0) is 31.6 Å². The second kappa shape index (κ2) is 12.3. The molecular formula is C19H31NO6. The van der Waals surface area contributed by atoms with Gasteiger partial charge in [0.1, 0.15) is 6.61 Å². The smallest absolute Gasteiger partial charge is 0.407 e. The van der Waals surface area contributed by atoms with Gasteiger partial charge in [-0.2, -0.15) is 0 Å². The number of carbonyl (C=O) groups excluding carboxylic acids is 3. The number of ether oxygens (including phenoxy) is 3. The van der Waals surface area contributed by atoms with Gasteiger partial charge >= 0.3 is 18.0 Å².